The van der Waals surface area contributed by atoms with Gasteiger partial charge in [0, 0.05) is 13.6 Å². The molecule has 0 aromatic heterocycles. The molecule has 1 unspecified atom stereocenters. The van der Waals surface area contributed by atoms with Crippen LogP contribution in [0.25, 0.3) is 0 Å². The van der Waals surface area contributed by atoms with E-state index < -0.39 is 0 Å². The molecule has 0 saturated heterocycles. The SMILES string of the molecule is CCc1ccc(OC)c(N(C)C(=O)C(CC)CN)c1. The van der Waals surface area contributed by atoms with Crippen LogP contribution in [0, 0.1) is 5.92 Å². The van der Waals surface area contributed by atoms with Gasteiger partial charge in [0.15, 0.2) is 0 Å². The predicted octanol–water partition coefficient (Wildman–Crippen LogP) is 2.21. The smallest absolute Gasteiger partial charge is 0.231 e. The van der Waals surface area contributed by atoms with Crippen molar-refractivity contribution in [3.63, 3.8) is 0 Å². The van der Waals surface area contributed by atoms with Crippen LogP contribution in [0.3, 0.4) is 0 Å². The molecule has 1 atom stereocenters. The number of aryl methyl sites for hydroxylation is 1. The van der Waals surface area contributed by atoms with E-state index in [1.165, 1.54) is 5.56 Å². The Labute approximate surface area is 115 Å². The zero-order valence-corrected chi connectivity index (χ0v) is 12.3. The van der Waals surface area contributed by atoms with Gasteiger partial charge in [0.25, 0.3) is 0 Å². The standard InChI is InChI=1S/C15H24N2O2/c1-5-11-7-8-14(19-4)13(9-11)17(3)15(18)12(6-2)10-16/h7-9,12H,5-6,10,16H2,1-4H3. The summed E-state index contributed by atoms with van der Waals surface area (Å²) in [6.07, 6.45) is 1.67. The molecule has 0 aliphatic heterocycles. The molecular formula is C15H24N2O2. The zero-order chi connectivity index (χ0) is 14.4. The number of carbonyl (C=O) groups is 1. The monoisotopic (exact) mass is 264 g/mol. The lowest BCUT2D eigenvalue weighted by atomic mass is 10.0. The minimum atomic E-state index is -0.139. The van der Waals surface area contributed by atoms with Gasteiger partial charge < -0.3 is 15.4 Å². The van der Waals surface area contributed by atoms with Gasteiger partial charge in [-0.05, 0) is 30.5 Å². The summed E-state index contributed by atoms with van der Waals surface area (Å²) in [6, 6.07) is 5.92. The Bertz CT molecular complexity index is 428. The summed E-state index contributed by atoms with van der Waals surface area (Å²) >= 11 is 0. The first-order valence-electron chi connectivity index (χ1n) is 6.73. The van der Waals surface area contributed by atoms with Gasteiger partial charge in [0.1, 0.15) is 5.75 Å². The molecule has 0 bridgehead atoms. The molecule has 4 nitrogen and oxygen atoms in total. The fourth-order valence-corrected chi connectivity index (χ4v) is 2.05. The highest BCUT2D eigenvalue weighted by Crippen LogP contribution is 2.30. The zero-order valence-electron chi connectivity index (χ0n) is 12.3. The van der Waals surface area contributed by atoms with Gasteiger partial charge in [0.05, 0.1) is 18.7 Å². The highest BCUT2D eigenvalue weighted by atomic mass is 16.5. The van der Waals surface area contributed by atoms with E-state index in [0.717, 1.165) is 18.5 Å². The highest BCUT2D eigenvalue weighted by molar-refractivity contribution is 5.96. The number of benzene rings is 1. The third-order valence-corrected chi connectivity index (χ3v) is 3.47. The van der Waals surface area contributed by atoms with Gasteiger partial charge in [-0.25, -0.2) is 0 Å². The van der Waals surface area contributed by atoms with Gasteiger partial charge in [-0.15, -0.1) is 0 Å². The Morgan fingerprint density at radius 1 is 1.42 bits per heavy atom. The minimum Gasteiger partial charge on any atom is -0.495 e. The molecular weight excluding hydrogens is 240 g/mol. The van der Waals surface area contributed by atoms with E-state index >= 15 is 0 Å². The summed E-state index contributed by atoms with van der Waals surface area (Å²) in [6.45, 7) is 4.43. The predicted molar refractivity (Wildman–Crippen MR) is 78.6 cm³/mol. The summed E-state index contributed by atoms with van der Waals surface area (Å²) in [5, 5.41) is 0. The van der Waals surface area contributed by atoms with E-state index in [4.69, 9.17) is 10.5 Å². The first kappa shape index (κ1) is 15.5. The molecule has 0 aliphatic rings. The van der Waals surface area contributed by atoms with Gasteiger partial charge in [0.2, 0.25) is 5.91 Å². The van der Waals surface area contributed by atoms with E-state index in [1.54, 1.807) is 19.1 Å². The Morgan fingerprint density at radius 2 is 2.11 bits per heavy atom. The van der Waals surface area contributed by atoms with Crippen LogP contribution in [-0.4, -0.2) is 26.6 Å². The third-order valence-electron chi connectivity index (χ3n) is 3.47. The van der Waals surface area contributed by atoms with Crippen molar-refractivity contribution in [3.05, 3.63) is 23.8 Å². The van der Waals surface area contributed by atoms with Crippen LogP contribution in [-0.2, 0) is 11.2 Å². The largest absolute Gasteiger partial charge is 0.495 e. The van der Waals surface area contributed by atoms with Crippen LogP contribution >= 0.6 is 0 Å². The number of rotatable bonds is 6. The quantitative estimate of drug-likeness (QED) is 0.857. The van der Waals surface area contributed by atoms with Gasteiger partial charge in [-0.2, -0.15) is 0 Å². The number of carbonyl (C=O) groups excluding carboxylic acids is 1. The number of amides is 1. The number of anilines is 1. The first-order chi connectivity index (χ1) is 9.08. The summed E-state index contributed by atoms with van der Waals surface area (Å²) < 4.78 is 5.34. The van der Waals surface area contributed by atoms with Gasteiger partial charge in [-0.3, -0.25) is 4.79 Å². The second-order valence-corrected chi connectivity index (χ2v) is 4.60. The summed E-state index contributed by atoms with van der Waals surface area (Å²) in [7, 11) is 3.39. The Kier molecular flexibility index (Phi) is 5.83. The van der Waals surface area contributed by atoms with Crippen molar-refractivity contribution in [2.75, 3.05) is 25.6 Å². The van der Waals surface area contributed by atoms with Crippen LogP contribution in [0.15, 0.2) is 18.2 Å². The maximum Gasteiger partial charge on any atom is 0.231 e. The molecule has 19 heavy (non-hydrogen) atoms. The van der Waals surface area contributed by atoms with E-state index in [9.17, 15) is 4.79 Å². The molecule has 2 N–H and O–H groups in total. The van der Waals surface area contributed by atoms with Crippen LogP contribution in [0.5, 0.6) is 5.75 Å². The van der Waals surface area contributed by atoms with Crippen LogP contribution < -0.4 is 15.4 Å². The van der Waals surface area contributed by atoms with Crippen molar-refractivity contribution in [1.29, 1.82) is 0 Å². The molecule has 1 aromatic rings. The molecule has 106 valence electrons. The summed E-state index contributed by atoms with van der Waals surface area (Å²) in [4.78, 5) is 14.0. The molecule has 0 aliphatic carbocycles. The second kappa shape index (κ2) is 7.14. The van der Waals surface area contributed by atoms with Gasteiger partial charge in [-0.1, -0.05) is 19.9 Å². The van der Waals surface area contributed by atoms with Crippen molar-refractivity contribution in [2.24, 2.45) is 11.7 Å². The number of nitrogens with zero attached hydrogens (tertiary/aromatic N) is 1. The topological polar surface area (TPSA) is 55.6 Å². The van der Waals surface area contributed by atoms with E-state index in [0.29, 0.717) is 12.3 Å². The average molecular weight is 264 g/mol. The molecule has 4 heteroatoms. The molecule has 0 spiro atoms. The Morgan fingerprint density at radius 3 is 2.58 bits per heavy atom. The minimum absolute atomic E-state index is 0.0385. The normalized spacial score (nSPS) is 12.1. The number of hydrogen-bond acceptors (Lipinski definition) is 3. The molecule has 0 saturated carbocycles. The lowest BCUT2D eigenvalue weighted by Crippen LogP contribution is -2.36. The summed E-state index contributed by atoms with van der Waals surface area (Å²) in [5.41, 5.74) is 7.63. The number of nitrogens with two attached hydrogens (primary N) is 1. The first-order valence-corrected chi connectivity index (χ1v) is 6.73. The van der Waals surface area contributed by atoms with Crippen molar-refractivity contribution < 1.29 is 9.53 Å². The van der Waals surface area contributed by atoms with Crippen LogP contribution in [0.1, 0.15) is 25.8 Å². The molecule has 1 aromatic carbocycles. The Balaban J connectivity index is 3.09. The maximum absolute atomic E-state index is 12.4. The Hall–Kier alpha value is -1.55. The van der Waals surface area contributed by atoms with Crippen molar-refractivity contribution in [1.82, 2.24) is 0 Å². The molecule has 1 amide bonds. The van der Waals surface area contributed by atoms with E-state index in [2.05, 4.69) is 6.92 Å². The number of hydrogen-bond donors (Lipinski definition) is 1. The number of ether oxygens (including phenoxy) is 1. The second-order valence-electron chi connectivity index (χ2n) is 4.60. The molecule has 0 radical (unpaired) electrons. The van der Waals surface area contributed by atoms with E-state index in [-0.39, 0.29) is 11.8 Å². The summed E-state index contributed by atoms with van der Waals surface area (Å²) in [5.74, 6) is 0.608. The lowest BCUT2D eigenvalue weighted by molar-refractivity contribution is -0.121. The molecule has 0 fully saturated rings. The van der Waals surface area contributed by atoms with Crippen LogP contribution in [0.2, 0.25) is 0 Å². The molecule has 1 rings (SSSR count). The van der Waals surface area contributed by atoms with Crippen LogP contribution in [0.4, 0.5) is 5.69 Å². The fourth-order valence-electron chi connectivity index (χ4n) is 2.05. The average Bonchev–Trinajstić information content (AvgIpc) is 2.46. The van der Waals surface area contributed by atoms with Crippen molar-refractivity contribution >= 4 is 11.6 Å². The number of methoxy groups -OCH3 is 1. The van der Waals surface area contributed by atoms with Crippen molar-refractivity contribution in [2.45, 2.75) is 26.7 Å². The van der Waals surface area contributed by atoms with Gasteiger partial charge >= 0.3 is 0 Å². The van der Waals surface area contributed by atoms with Crippen molar-refractivity contribution in [3.8, 4) is 5.75 Å². The van der Waals surface area contributed by atoms with E-state index in [1.807, 2.05) is 25.1 Å². The maximum atomic E-state index is 12.4. The molecule has 0 heterocycles. The third kappa shape index (κ3) is 3.47. The highest BCUT2D eigenvalue weighted by Gasteiger charge is 2.22. The lowest BCUT2D eigenvalue weighted by Gasteiger charge is -2.24. The fraction of sp³-hybridized carbons (Fsp3) is 0.533.